The van der Waals surface area contributed by atoms with Gasteiger partial charge in [-0.3, -0.25) is 14.5 Å². The number of Topliss-reactive ketones (excluding diaryl/α,β-unsaturated/α-hetero) is 1. The Hall–Kier alpha value is -4.06. The number of ketones is 1. The minimum Gasteiger partial charge on any atom is -0.507 e. The Kier molecular flexibility index (Phi) is 6.88. The number of hydrogen-bond donors (Lipinski definition) is 1. The Bertz CT molecular complexity index is 1300. The van der Waals surface area contributed by atoms with E-state index < -0.39 is 17.7 Å². The van der Waals surface area contributed by atoms with Gasteiger partial charge in [0.05, 0.1) is 30.9 Å². The average molecular weight is 486 g/mol. The molecule has 0 radical (unpaired) electrons. The molecule has 0 aliphatic carbocycles. The number of amides is 1. The van der Waals surface area contributed by atoms with Gasteiger partial charge in [-0.25, -0.2) is 0 Å². The molecule has 1 atom stereocenters. The SMILES string of the molecule is CCOc1ccc(N2C(=O)C(=O)/C(=C(\O)c3ccccc3OC)C2c2ccc(C(C)(C)C)cc2)cc1. The molecule has 1 aliphatic heterocycles. The van der Waals surface area contributed by atoms with Crippen molar-refractivity contribution in [3.8, 4) is 11.5 Å². The van der Waals surface area contributed by atoms with E-state index in [-0.39, 0.29) is 16.7 Å². The number of carbonyl (C=O) groups is 2. The first-order chi connectivity index (χ1) is 17.2. The molecule has 186 valence electrons. The van der Waals surface area contributed by atoms with E-state index in [9.17, 15) is 14.7 Å². The highest BCUT2D eigenvalue weighted by molar-refractivity contribution is 6.51. The summed E-state index contributed by atoms with van der Waals surface area (Å²) in [5.41, 5.74) is 2.67. The van der Waals surface area contributed by atoms with Crippen LogP contribution in [0.2, 0.25) is 0 Å². The van der Waals surface area contributed by atoms with Crippen LogP contribution in [0.25, 0.3) is 5.76 Å². The summed E-state index contributed by atoms with van der Waals surface area (Å²) in [5.74, 6) is -0.663. The third kappa shape index (κ3) is 4.59. The number of aliphatic hydroxyl groups excluding tert-OH is 1. The molecule has 4 rings (SSSR count). The van der Waals surface area contributed by atoms with Crippen LogP contribution in [0.3, 0.4) is 0 Å². The van der Waals surface area contributed by atoms with Crippen LogP contribution < -0.4 is 14.4 Å². The highest BCUT2D eigenvalue weighted by atomic mass is 16.5. The first-order valence-corrected chi connectivity index (χ1v) is 11.9. The van der Waals surface area contributed by atoms with E-state index in [0.29, 0.717) is 34.9 Å². The summed E-state index contributed by atoms with van der Waals surface area (Å²) in [7, 11) is 1.49. The number of rotatable bonds is 6. The lowest BCUT2D eigenvalue weighted by Gasteiger charge is -2.27. The third-order valence-electron chi connectivity index (χ3n) is 6.32. The second kappa shape index (κ2) is 9.90. The number of ether oxygens (including phenoxy) is 2. The predicted molar refractivity (Wildman–Crippen MR) is 141 cm³/mol. The van der Waals surface area contributed by atoms with Crippen LogP contribution in [0.1, 0.15) is 50.4 Å². The van der Waals surface area contributed by atoms with Crippen molar-refractivity contribution >= 4 is 23.1 Å². The molecule has 6 nitrogen and oxygen atoms in total. The van der Waals surface area contributed by atoms with Gasteiger partial charge in [0.1, 0.15) is 17.3 Å². The lowest BCUT2D eigenvalue weighted by atomic mass is 9.85. The molecular formula is C30H31NO5. The Morgan fingerprint density at radius 2 is 1.58 bits per heavy atom. The Morgan fingerprint density at radius 1 is 0.944 bits per heavy atom. The highest BCUT2D eigenvalue weighted by Crippen LogP contribution is 2.43. The standard InChI is InChI=1S/C30H31NO5/c1-6-36-22-17-15-21(16-18-22)31-26(19-11-13-20(14-12-19)30(2,3)4)25(28(33)29(31)34)27(32)23-9-7-8-10-24(23)35-5/h7-18,26,32H,6H2,1-5H3/b27-25-. The fourth-order valence-corrected chi connectivity index (χ4v) is 4.43. The lowest BCUT2D eigenvalue weighted by Crippen LogP contribution is -2.29. The molecule has 1 heterocycles. The maximum Gasteiger partial charge on any atom is 0.300 e. The van der Waals surface area contributed by atoms with E-state index in [4.69, 9.17) is 9.47 Å². The van der Waals surface area contributed by atoms with Crippen molar-refractivity contribution in [3.63, 3.8) is 0 Å². The smallest absolute Gasteiger partial charge is 0.300 e. The van der Waals surface area contributed by atoms with E-state index in [1.54, 1.807) is 48.5 Å². The van der Waals surface area contributed by atoms with Gasteiger partial charge in [0, 0.05) is 5.69 Å². The number of carbonyl (C=O) groups excluding carboxylic acids is 2. The van der Waals surface area contributed by atoms with Crippen LogP contribution in [0.5, 0.6) is 11.5 Å². The fourth-order valence-electron chi connectivity index (χ4n) is 4.43. The van der Waals surface area contributed by atoms with Gasteiger partial charge in [-0.2, -0.15) is 0 Å². The number of aliphatic hydroxyl groups is 1. The molecule has 0 aromatic heterocycles. The van der Waals surface area contributed by atoms with Crippen LogP contribution in [0.15, 0.2) is 78.4 Å². The molecule has 3 aromatic carbocycles. The zero-order valence-corrected chi connectivity index (χ0v) is 21.2. The number of hydrogen-bond acceptors (Lipinski definition) is 5. The predicted octanol–water partition coefficient (Wildman–Crippen LogP) is 6.02. The molecule has 1 aliphatic rings. The maximum absolute atomic E-state index is 13.4. The van der Waals surface area contributed by atoms with Crippen molar-refractivity contribution in [1.29, 1.82) is 0 Å². The Balaban J connectivity index is 1.91. The summed E-state index contributed by atoms with van der Waals surface area (Å²) in [6.45, 7) is 8.77. The van der Waals surface area contributed by atoms with Gasteiger partial charge in [-0.05, 0) is 59.9 Å². The van der Waals surface area contributed by atoms with E-state index in [1.165, 1.54) is 12.0 Å². The molecule has 6 heteroatoms. The number of nitrogens with zero attached hydrogens (tertiary/aromatic N) is 1. The largest absolute Gasteiger partial charge is 0.507 e. The monoisotopic (exact) mass is 485 g/mol. The normalized spacial score (nSPS) is 17.4. The molecule has 0 saturated carbocycles. The summed E-state index contributed by atoms with van der Waals surface area (Å²) >= 11 is 0. The van der Waals surface area contributed by atoms with Crippen molar-refractivity contribution in [3.05, 3.63) is 95.1 Å². The first kappa shape index (κ1) is 25.0. The molecule has 36 heavy (non-hydrogen) atoms. The lowest BCUT2D eigenvalue weighted by molar-refractivity contribution is -0.132. The van der Waals surface area contributed by atoms with Crippen LogP contribution >= 0.6 is 0 Å². The van der Waals surface area contributed by atoms with Gasteiger partial charge in [0.2, 0.25) is 0 Å². The quantitative estimate of drug-likeness (QED) is 0.263. The number of para-hydroxylation sites is 1. The molecular weight excluding hydrogens is 454 g/mol. The van der Waals surface area contributed by atoms with Crippen molar-refractivity contribution in [1.82, 2.24) is 0 Å². The van der Waals surface area contributed by atoms with Crippen molar-refractivity contribution in [2.45, 2.75) is 39.2 Å². The van der Waals surface area contributed by atoms with Gasteiger partial charge < -0.3 is 14.6 Å². The molecule has 1 saturated heterocycles. The molecule has 1 fully saturated rings. The average Bonchev–Trinajstić information content (AvgIpc) is 3.14. The van der Waals surface area contributed by atoms with Crippen molar-refractivity contribution in [2.24, 2.45) is 0 Å². The van der Waals surface area contributed by atoms with E-state index in [2.05, 4.69) is 20.8 Å². The summed E-state index contributed by atoms with van der Waals surface area (Å²) < 4.78 is 10.9. The Morgan fingerprint density at radius 3 is 2.17 bits per heavy atom. The van der Waals surface area contributed by atoms with Gasteiger partial charge in [0.25, 0.3) is 11.7 Å². The zero-order valence-electron chi connectivity index (χ0n) is 21.2. The van der Waals surface area contributed by atoms with E-state index in [1.807, 2.05) is 31.2 Å². The molecule has 1 amide bonds. The number of anilines is 1. The third-order valence-corrected chi connectivity index (χ3v) is 6.32. The zero-order chi connectivity index (χ0) is 26.0. The molecule has 1 N–H and O–H groups in total. The number of methoxy groups -OCH3 is 1. The minimum atomic E-state index is -0.818. The Labute approximate surface area is 211 Å². The van der Waals surface area contributed by atoms with Crippen molar-refractivity contribution in [2.75, 3.05) is 18.6 Å². The summed E-state index contributed by atoms with van der Waals surface area (Å²) in [5, 5.41) is 11.4. The van der Waals surface area contributed by atoms with Gasteiger partial charge in [-0.1, -0.05) is 57.2 Å². The topological polar surface area (TPSA) is 76.1 Å². The molecule has 3 aromatic rings. The fraction of sp³-hybridized carbons (Fsp3) is 0.267. The van der Waals surface area contributed by atoms with Crippen molar-refractivity contribution < 1.29 is 24.2 Å². The molecule has 0 spiro atoms. The van der Waals surface area contributed by atoms with Gasteiger partial charge in [-0.15, -0.1) is 0 Å². The van der Waals surface area contributed by atoms with Crippen LogP contribution in [0, 0.1) is 0 Å². The van der Waals surface area contributed by atoms with Gasteiger partial charge in [0.15, 0.2) is 0 Å². The summed E-state index contributed by atoms with van der Waals surface area (Å²) in [4.78, 5) is 28.2. The highest BCUT2D eigenvalue weighted by Gasteiger charge is 2.47. The van der Waals surface area contributed by atoms with E-state index in [0.717, 1.165) is 5.56 Å². The van der Waals surface area contributed by atoms with E-state index >= 15 is 0 Å². The summed E-state index contributed by atoms with van der Waals surface area (Å²) in [6, 6.07) is 20.9. The molecule has 0 bridgehead atoms. The van der Waals surface area contributed by atoms with Crippen LogP contribution in [-0.2, 0) is 15.0 Å². The molecule has 1 unspecified atom stereocenters. The maximum atomic E-state index is 13.4. The second-order valence-corrected chi connectivity index (χ2v) is 9.67. The first-order valence-electron chi connectivity index (χ1n) is 11.9. The second-order valence-electron chi connectivity index (χ2n) is 9.67. The minimum absolute atomic E-state index is 0.0156. The van der Waals surface area contributed by atoms with Crippen LogP contribution in [-0.4, -0.2) is 30.5 Å². The summed E-state index contributed by atoms with van der Waals surface area (Å²) in [6.07, 6.45) is 0. The van der Waals surface area contributed by atoms with Gasteiger partial charge >= 0.3 is 0 Å². The number of benzene rings is 3. The van der Waals surface area contributed by atoms with Crippen LogP contribution in [0.4, 0.5) is 5.69 Å².